The molecule has 0 spiro atoms. The van der Waals surface area contributed by atoms with Crippen LogP contribution in [0.1, 0.15) is 48.8 Å². The fraction of sp³-hybridized carbons (Fsp3) is 0.259. The molecule has 0 aliphatic heterocycles. The molecular formula is C27H29N3O. The van der Waals surface area contributed by atoms with E-state index in [4.69, 9.17) is 0 Å². The van der Waals surface area contributed by atoms with Crippen molar-refractivity contribution in [1.82, 2.24) is 9.88 Å². The number of aryl methyl sites for hydroxylation is 1. The van der Waals surface area contributed by atoms with Crippen LogP contribution < -0.4 is 5.32 Å². The molecule has 0 unspecified atom stereocenters. The van der Waals surface area contributed by atoms with Crippen molar-refractivity contribution in [1.29, 1.82) is 5.26 Å². The molecule has 1 amide bonds. The highest BCUT2D eigenvalue weighted by atomic mass is 16.1. The van der Waals surface area contributed by atoms with Crippen LogP contribution in [0.3, 0.4) is 0 Å². The summed E-state index contributed by atoms with van der Waals surface area (Å²) in [6, 6.07) is 22.2. The van der Waals surface area contributed by atoms with Gasteiger partial charge < -0.3 is 9.88 Å². The quantitative estimate of drug-likeness (QED) is 0.438. The van der Waals surface area contributed by atoms with Crippen molar-refractivity contribution in [3.8, 4) is 11.8 Å². The number of carbonyl (C=O) groups is 1. The Morgan fingerprint density at radius 3 is 2.29 bits per heavy atom. The van der Waals surface area contributed by atoms with Crippen LogP contribution in [0.5, 0.6) is 0 Å². The topological polar surface area (TPSA) is 57.8 Å². The first-order valence-electron chi connectivity index (χ1n) is 10.4. The van der Waals surface area contributed by atoms with E-state index >= 15 is 0 Å². The average Bonchev–Trinajstić information content (AvgIpc) is 3.03. The van der Waals surface area contributed by atoms with Gasteiger partial charge in [0.2, 0.25) is 0 Å². The summed E-state index contributed by atoms with van der Waals surface area (Å²) >= 11 is 0. The summed E-state index contributed by atoms with van der Waals surface area (Å²) in [4.78, 5) is 12.5. The maximum atomic E-state index is 12.5. The van der Waals surface area contributed by atoms with Gasteiger partial charge in [-0.05, 0) is 60.2 Å². The summed E-state index contributed by atoms with van der Waals surface area (Å²) in [7, 11) is 0. The van der Waals surface area contributed by atoms with Crippen molar-refractivity contribution in [2.24, 2.45) is 0 Å². The van der Waals surface area contributed by atoms with Crippen molar-refractivity contribution in [2.45, 2.75) is 46.6 Å². The van der Waals surface area contributed by atoms with Crippen LogP contribution in [0, 0.1) is 25.2 Å². The maximum Gasteiger partial charge on any atom is 0.262 e. The van der Waals surface area contributed by atoms with Gasteiger partial charge >= 0.3 is 0 Å². The first-order valence-corrected chi connectivity index (χ1v) is 10.4. The zero-order valence-electron chi connectivity index (χ0n) is 18.9. The molecule has 0 aliphatic carbocycles. The molecule has 2 aromatic carbocycles. The van der Waals surface area contributed by atoms with Gasteiger partial charge in [-0.15, -0.1) is 0 Å². The highest BCUT2D eigenvalue weighted by Crippen LogP contribution is 2.26. The third kappa shape index (κ3) is 5.13. The monoisotopic (exact) mass is 411 g/mol. The first-order chi connectivity index (χ1) is 14.7. The average molecular weight is 412 g/mol. The molecule has 1 N–H and O–H groups in total. The Hall–Kier alpha value is -3.58. The second-order valence-electron chi connectivity index (χ2n) is 8.80. The SMILES string of the molecule is Cc1cc(/C=C(/C#N)C(=O)NCc2ccccc2)c(C)n1-c1ccc(C(C)(C)C)cc1. The third-order valence-electron chi connectivity index (χ3n) is 5.42. The lowest BCUT2D eigenvalue weighted by molar-refractivity contribution is -0.117. The van der Waals surface area contributed by atoms with Crippen LogP contribution >= 0.6 is 0 Å². The second-order valence-corrected chi connectivity index (χ2v) is 8.80. The molecule has 31 heavy (non-hydrogen) atoms. The lowest BCUT2D eigenvalue weighted by atomic mass is 9.87. The largest absolute Gasteiger partial charge is 0.347 e. The summed E-state index contributed by atoms with van der Waals surface area (Å²) < 4.78 is 2.15. The summed E-state index contributed by atoms with van der Waals surface area (Å²) in [5.74, 6) is -0.370. The van der Waals surface area contributed by atoms with Gasteiger partial charge in [-0.3, -0.25) is 4.79 Å². The molecule has 3 aromatic rings. The molecule has 0 fully saturated rings. The Kier molecular flexibility index (Phi) is 6.46. The molecule has 3 rings (SSSR count). The van der Waals surface area contributed by atoms with E-state index in [0.717, 1.165) is 28.2 Å². The zero-order valence-corrected chi connectivity index (χ0v) is 18.9. The minimum atomic E-state index is -0.370. The highest BCUT2D eigenvalue weighted by molar-refractivity contribution is 6.01. The van der Waals surface area contributed by atoms with Crippen LogP contribution in [0.25, 0.3) is 11.8 Å². The number of nitrogens with one attached hydrogen (secondary N) is 1. The molecule has 0 saturated heterocycles. The number of nitriles is 1. The van der Waals surface area contributed by atoms with Crippen molar-refractivity contribution in [3.05, 3.63) is 94.3 Å². The number of rotatable bonds is 5. The standard InChI is InChI=1S/C27H29N3O/c1-19-15-22(16-23(17-28)26(31)29-18-21-9-7-6-8-10-21)20(2)30(19)25-13-11-24(12-14-25)27(3,4)5/h6-16H,18H2,1-5H3,(H,29,31)/b23-16-. The number of nitrogens with zero attached hydrogens (tertiary/aromatic N) is 2. The van der Waals surface area contributed by atoms with E-state index in [1.54, 1.807) is 6.08 Å². The molecule has 1 heterocycles. The molecule has 0 atom stereocenters. The van der Waals surface area contributed by atoms with E-state index < -0.39 is 0 Å². The van der Waals surface area contributed by atoms with Gasteiger partial charge in [0.15, 0.2) is 0 Å². The van der Waals surface area contributed by atoms with Crippen molar-refractivity contribution in [3.63, 3.8) is 0 Å². The summed E-state index contributed by atoms with van der Waals surface area (Å²) in [6.07, 6.45) is 1.67. The van der Waals surface area contributed by atoms with Crippen LogP contribution in [-0.4, -0.2) is 10.5 Å². The molecule has 4 heteroatoms. The number of carbonyl (C=O) groups excluding carboxylic acids is 1. The lowest BCUT2D eigenvalue weighted by Crippen LogP contribution is -2.23. The minimum absolute atomic E-state index is 0.0965. The molecule has 1 aromatic heterocycles. The predicted molar refractivity (Wildman–Crippen MR) is 126 cm³/mol. The van der Waals surface area contributed by atoms with E-state index in [2.05, 4.69) is 54.9 Å². The van der Waals surface area contributed by atoms with E-state index in [1.165, 1.54) is 5.56 Å². The minimum Gasteiger partial charge on any atom is -0.347 e. The Bertz CT molecular complexity index is 1140. The maximum absolute atomic E-state index is 12.5. The Balaban J connectivity index is 1.85. The molecule has 0 bridgehead atoms. The lowest BCUT2D eigenvalue weighted by Gasteiger charge is -2.20. The van der Waals surface area contributed by atoms with Gasteiger partial charge in [-0.1, -0.05) is 63.2 Å². The van der Waals surface area contributed by atoms with Gasteiger partial charge in [0, 0.05) is 23.6 Å². The van der Waals surface area contributed by atoms with E-state index in [-0.39, 0.29) is 16.9 Å². The number of hydrogen-bond donors (Lipinski definition) is 1. The van der Waals surface area contributed by atoms with Gasteiger partial charge in [0.25, 0.3) is 5.91 Å². The Morgan fingerprint density at radius 2 is 1.71 bits per heavy atom. The van der Waals surface area contributed by atoms with Crippen molar-refractivity contribution >= 4 is 12.0 Å². The summed E-state index contributed by atoms with van der Waals surface area (Å²) in [6.45, 7) is 11.0. The fourth-order valence-corrected chi connectivity index (χ4v) is 3.62. The molecule has 0 aliphatic rings. The Morgan fingerprint density at radius 1 is 1.06 bits per heavy atom. The van der Waals surface area contributed by atoms with E-state index in [1.807, 2.05) is 56.3 Å². The molecule has 4 nitrogen and oxygen atoms in total. The number of benzene rings is 2. The molecule has 158 valence electrons. The molecule has 0 radical (unpaired) electrons. The van der Waals surface area contributed by atoms with E-state index in [0.29, 0.717) is 6.54 Å². The van der Waals surface area contributed by atoms with Crippen molar-refractivity contribution < 1.29 is 4.79 Å². The third-order valence-corrected chi connectivity index (χ3v) is 5.42. The summed E-state index contributed by atoms with van der Waals surface area (Å²) in [5.41, 5.74) is 6.43. The smallest absolute Gasteiger partial charge is 0.262 e. The molecular weight excluding hydrogens is 382 g/mol. The fourth-order valence-electron chi connectivity index (χ4n) is 3.62. The van der Waals surface area contributed by atoms with E-state index in [9.17, 15) is 10.1 Å². The van der Waals surface area contributed by atoms with Gasteiger partial charge in [-0.25, -0.2) is 0 Å². The zero-order chi connectivity index (χ0) is 22.6. The van der Waals surface area contributed by atoms with Gasteiger partial charge in [0.1, 0.15) is 11.6 Å². The van der Waals surface area contributed by atoms with Crippen LogP contribution in [0.4, 0.5) is 0 Å². The van der Waals surface area contributed by atoms with Gasteiger partial charge in [0.05, 0.1) is 0 Å². The number of amides is 1. The number of hydrogen-bond acceptors (Lipinski definition) is 2. The molecule has 0 saturated carbocycles. The second kappa shape index (κ2) is 9.06. The predicted octanol–water partition coefficient (Wildman–Crippen LogP) is 5.62. The number of aromatic nitrogens is 1. The van der Waals surface area contributed by atoms with Crippen LogP contribution in [-0.2, 0) is 16.8 Å². The first kappa shape index (κ1) is 22.1. The highest BCUT2D eigenvalue weighted by Gasteiger charge is 2.16. The summed E-state index contributed by atoms with van der Waals surface area (Å²) in [5, 5.41) is 12.4. The van der Waals surface area contributed by atoms with Gasteiger partial charge in [-0.2, -0.15) is 5.26 Å². The Labute approximate surface area is 184 Å². The van der Waals surface area contributed by atoms with Crippen LogP contribution in [0.15, 0.2) is 66.2 Å². The van der Waals surface area contributed by atoms with Crippen molar-refractivity contribution in [2.75, 3.05) is 0 Å². The van der Waals surface area contributed by atoms with Crippen LogP contribution in [0.2, 0.25) is 0 Å². The normalized spacial score (nSPS) is 11.8.